The van der Waals surface area contributed by atoms with Crippen molar-refractivity contribution in [1.82, 2.24) is 4.57 Å². The maximum atomic E-state index is 2.37. The van der Waals surface area contributed by atoms with Crippen LogP contribution in [-0.4, -0.2) is 4.57 Å². The van der Waals surface area contributed by atoms with E-state index in [-0.39, 0.29) is 0 Å². The van der Waals surface area contributed by atoms with Crippen LogP contribution in [0.2, 0.25) is 0 Å². The molecular weight excluding hydrogens is 170 g/mol. The molecule has 2 rings (SSSR count). The fraction of sp³-hybridized carbons (Fsp3) is 0.385. The van der Waals surface area contributed by atoms with Gasteiger partial charge in [0.15, 0.2) is 0 Å². The molecule has 1 heteroatoms. The molecule has 74 valence electrons. The van der Waals surface area contributed by atoms with Crippen LogP contribution in [0.4, 0.5) is 0 Å². The molecule has 0 saturated heterocycles. The number of aromatic nitrogens is 1. The van der Waals surface area contributed by atoms with Crippen molar-refractivity contribution in [1.29, 1.82) is 0 Å². The molecule has 0 amide bonds. The van der Waals surface area contributed by atoms with Crippen molar-refractivity contribution >= 4 is 10.9 Å². The van der Waals surface area contributed by atoms with E-state index in [1.807, 2.05) is 0 Å². The SMILES string of the molecule is CCCC(C)n1ccc2ccccc21. The van der Waals surface area contributed by atoms with Crippen molar-refractivity contribution in [2.75, 3.05) is 0 Å². The Morgan fingerprint density at radius 3 is 2.79 bits per heavy atom. The quantitative estimate of drug-likeness (QED) is 0.684. The van der Waals surface area contributed by atoms with Crippen LogP contribution >= 0.6 is 0 Å². The zero-order valence-electron chi connectivity index (χ0n) is 8.90. The molecular formula is C13H17N. The molecule has 0 aliphatic rings. The van der Waals surface area contributed by atoms with Crippen molar-refractivity contribution in [3.63, 3.8) is 0 Å². The largest absolute Gasteiger partial charge is 0.345 e. The highest BCUT2D eigenvalue weighted by molar-refractivity contribution is 5.80. The normalized spacial score (nSPS) is 13.3. The molecule has 1 atom stereocenters. The molecule has 0 radical (unpaired) electrons. The second-order valence-corrected chi connectivity index (χ2v) is 3.92. The monoisotopic (exact) mass is 187 g/mol. The molecule has 1 aromatic carbocycles. The van der Waals surface area contributed by atoms with E-state index in [9.17, 15) is 0 Å². The summed E-state index contributed by atoms with van der Waals surface area (Å²) < 4.78 is 2.37. The van der Waals surface area contributed by atoms with Crippen LogP contribution < -0.4 is 0 Å². The second kappa shape index (κ2) is 3.87. The zero-order chi connectivity index (χ0) is 9.97. The summed E-state index contributed by atoms with van der Waals surface area (Å²) in [6, 6.07) is 11.4. The van der Waals surface area contributed by atoms with E-state index in [1.165, 1.54) is 23.7 Å². The van der Waals surface area contributed by atoms with Gasteiger partial charge in [0, 0.05) is 17.8 Å². The summed E-state index contributed by atoms with van der Waals surface area (Å²) in [6.07, 6.45) is 4.69. The number of hydrogen-bond acceptors (Lipinski definition) is 0. The van der Waals surface area contributed by atoms with Gasteiger partial charge in [-0.15, -0.1) is 0 Å². The van der Waals surface area contributed by atoms with Crippen LogP contribution in [0.5, 0.6) is 0 Å². The van der Waals surface area contributed by atoms with E-state index < -0.39 is 0 Å². The highest BCUT2D eigenvalue weighted by atomic mass is 15.0. The summed E-state index contributed by atoms with van der Waals surface area (Å²) in [5.74, 6) is 0. The smallest absolute Gasteiger partial charge is 0.0482 e. The molecule has 14 heavy (non-hydrogen) atoms. The van der Waals surface area contributed by atoms with E-state index in [2.05, 4.69) is 54.9 Å². The first-order chi connectivity index (χ1) is 6.83. The lowest BCUT2D eigenvalue weighted by Gasteiger charge is -2.13. The minimum atomic E-state index is 0.611. The van der Waals surface area contributed by atoms with Crippen LogP contribution in [-0.2, 0) is 0 Å². The summed E-state index contributed by atoms with van der Waals surface area (Å²) in [5, 5.41) is 1.34. The van der Waals surface area contributed by atoms with Gasteiger partial charge in [-0.1, -0.05) is 31.5 Å². The predicted molar refractivity (Wildman–Crippen MR) is 61.6 cm³/mol. The number of para-hydroxylation sites is 1. The number of benzene rings is 1. The summed E-state index contributed by atoms with van der Waals surface area (Å²) in [6.45, 7) is 4.53. The van der Waals surface area contributed by atoms with Crippen molar-refractivity contribution in [3.05, 3.63) is 36.5 Å². The Labute approximate surface area is 85.4 Å². The first kappa shape index (κ1) is 9.32. The fourth-order valence-electron chi connectivity index (χ4n) is 2.05. The fourth-order valence-corrected chi connectivity index (χ4v) is 2.05. The molecule has 0 spiro atoms. The van der Waals surface area contributed by atoms with E-state index in [0.717, 1.165) is 0 Å². The third-order valence-corrected chi connectivity index (χ3v) is 2.81. The van der Waals surface area contributed by atoms with Gasteiger partial charge < -0.3 is 4.57 Å². The summed E-state index contributed by atoms with van der Waals surface area (Å²) in [5.41, 5.74) is 1.36. The Hall–Kier alpha value is -1.24. The molecule has 0 bridgehead atoms. The van der Waals surface area contributed by atoms with Gasteiger partial charge in [-0.05, 0) is 30.9 Å². The Kier molecular flexibility index (Phi) is 2.58. The van der Waals surface area contributed by atoms with E-state index in [1.54, 1.807) is 0 Å². The van der Waals surface area contributed by atoms with Crippen molar-refractivity contribution < 1.29 is 0 Å². The molecule has 0 aliphatic carbocycles. The Balaban J connectivity index is 2.42. The highest BCUT2D eigenvalue weighted by Gasteiger charge is 2.05. The molecule has 0 saturated carbocycles. The third-order valence-electron chi connectivity index (χ3n) is 2.81. The van der Waals surface area contributed by atoms with Crippen LogP contribution in [0.15, 0.2) is 36.5 Å². The zero-order valence-corrected chi connectivity index (χ0v) is 8.90. The summed E-state index contributed by atoms with van der Waals surface area (Å²) in [7, 11) is 0. The lowest BCUT2D eigenvalue weighted by molar-refractivity contribution is 0.515. The van der Waals surface area contributed by atoms with Crippen molar-refractivity contribution in [2.24, 2.45) is 0 Å². The Bertz CT molecular complexity index is 414. The molecule has 0 aliphatic heterocycles. The summed E-state index contributed by atoms with van der Waals surface area (Å²) >= 11 is 0. The van der Waals surface area contributed by atoms with Gasteiger partial charge in [0.1, 0.15) is 0 Å². The predicted octanol–water partition coefficient (Wildman–Crippen LogP) is 4.00. The van der Waals surface area contributed by atoms with E-state index in [4.69, 9.17) is 0 Å². The number of rotatable bonds is 3. The topological polar surface area (TPSA) is 4.93 Å². The van der Waals surface area contributed by atoms with Gasteiger partial charge in [0.25, 0.3) is 0 Å². The van der Waals surface area contributed by atoms with Gasteiger partial charge in [-0.2, -0.15) is 0 Å². The molecule has 2 aromatic rings. The van der Waals surface area contributed by atoms with E-state index >= 15 is 0 Å². The standard InChI is InChI=1S/C13H17N/c1-3-6-11(2)14-10-9-12-7-4-5-8-13(12)14/h4-5,7-11H,3,6H2,1-2H3. The minimum absolute atomic E-state index is 0.611. The lowest BCUT2D eigenvalue weighted by Crippen LogP contribution is -2.02. The lowest BCUT2D eigenvalue weighted by atomic mass is 10.2. The van der Waals surface area contributed by atoms with Crippen molar-refractivity contribution in [2.45, 2.75) is 32.7 Å². The molecule has 1 unspecified atom stereocenters. The van der Waals surface area contributed by atoms with Gasteiger partial charge in [-0.3, -0.25) is 0 Å². The van der Waals surface area contributed by atoms with Crippen molar-refractivity contribution in [3.8, 4) is 0 Å². The van der Waals surface area contributed by atoms with Crippen LogP contribution in [0.25, 0.3) is 10.9 Å². The first-order valence-electron chi connectivity index (χ1n) is 5.38. The van der Waals surface area contributed by atoms with Gasteiger partial charge in [0.05, 0.1) is 0 Å². The molecule has 1 aromatic heterocycles. The first-order valence-corrected chi connectivity index (χ1v) is 5.38. The maximum absolute atomic E-state index is 2.37. The molecule has 1 nitrogen and oxygen atoms in total. The van der Waals surface area contributed by atoms with E-state index in [0.29, 0.717) is 6.04 Å². The Morgan fingerprint density at radius 1 is 1.21 bits per heavy atom. The molecule has 0 fully saturated rings. The number of hydrogen-bond donors (Lipinski definition) is 0. The second-order valence-electron chi connectivity index (χ2n) is 3.92. The highest BCUT2D eigenvalue weighted by Crippen LogP contribution is 2.22. The molecule has 0 N–H and O–H groups in total. The van der Waals surface area contributed by atoms with Crippen LogP contribution in [0, 0.1) is 0 Å². The summed E-state index contributed by atoms with van der Waals surface area (Å²) in [4.78, 5) is 0. The maximum Gasteiger partial charge on any atom is 0.0482 e. The Morgan fingerprint density at radius 2 is 2.00 bits per heavy atom. The van der Waals surface area contributed by atoms with Gasteiger partial charge in [-0.25, -0.2) is 0 Å². The third kappa shape index (κ3) is 1.54. The van der Waals surface area contributed by atoms with Crippen LogP contribution in [0.1, 0.15) is 32.7 Å². The molecule has 1 heterocycles. The van der Waals surface area contributed by atoms with Gasteiger partial charge >= 0.3 is 0 Å². The number of fused-ring (bicyclic) bond motifs is 1. The van der Waals surface area contributed by atoms with Crippen LogP contribution in [0.3, 0.4) is 0 Å². The average Bonchev–Trinajstić information content (AvgIpc) is 2.61. The number of nitrogens with zero attached hydrogens (tertiary/aromatic N) is 1. The van der Waals surface area contributed by atoms with Gasteiger partial charge in [0.2, 0.25) is 0 Å². The minimum Gasteiger partial charge on any atom is -0.345 e. The average molecular weight is 187 g/mol.